The normalized spacial score (nSPS) is 20.1. The van der Waals surface area contributed by atoms with Crippen molar-refractivity contribution in [1.82, 2.24) is 4.90 Å². The molecule has 154 valence electrons. The fourth-order valence-electron chi connectivity index (χ4n) is 3.60. The van der Waals surface area contributed by atoms with Crippen LogP contribution in [0.15, 0.2) is 23.5 Å². The highest BCUT2D eigenvalue weighted by molar-refractivity contribution is 5.89. The molecule has 1 amide bonds. The molecular weight excluding hydrogens is 338 g/mol. The molecule has 0 radical (unpaired) electrons. The molecule has 0 aromatic carbocycles. The van der Waals surface area contributed by atoms with E-state index in [9.17, 15) is 9.59 Å². The van der Waals surface area contributed by atoms with E-state index in [0.717, 1.165) is 24.8 Å². The molecule has 1 atom stereocenters. The Morgan fingerprint density at radius 1 is 1.07 bits per heavy atom. The lowest BCUT2D eigenvalue weighted by Gasteiger charge is -2.30. The van der Waals surface area contributed by atoms with E-state index in [0.29, 0.717) is 11.7 Å². The zero-order chi connectivity index (χ0) is 20.9. The molecule has 27 heavy (non-hydrogen) atoms. The van der Waals surface area contributed by atoms with Crippen LogP contribution in [0.2, 0.25) is 0 Å². The maximum Gasteiger partial charge on any atom is 0.415 e. The fourth-order valence-corrected chi connectivity index (χ4v) is 3.60. The quantitative estimate of drug-likeness (QED) is 0.524. The van der Waals surface area contributed by atoms with E-state index in [1.165, 1.54) is 0 Å². The summed E-state index contributed by atoms with van der Waals surface area (Å²) in [5.74, 6) is 0.978. The standard InChI is InChI=1S/C23H39NO3/c1-15(2)13-14-20(27-22(26)24(16(3)4)17(5)6)18-11-10-12-19(18)21(25)23(7,8)9/h13-17,19H,10-12H2,1-9H3/b14-13+,20-18-/t19-/m1/s1. The maximum atomic E-state index is 12.9. The molecule has 1 aliphatic rings. The van der Waals surface area contributed by atoms with E-state index in [1.807, 2.05) is 60.6 Å². The van der Waals surface area contributed by atoms with Gasteiger partial charge in [-0.05, 0) is 64.5 Å². The van der Waals surface area contributed by atoms with Gasteiger partial charge in [0.2, 0.25) is 0 Å². The van der Waals surface area contributed by atoms with E-state index in [4.69, 9.17) is 4.74 Å². The van der Waals surface area contributed by atoms with Gasteiger partial charge < -0.3 is 9.64 Å². The van der Waals surface area contributed by atoms with Gasteiger partial charge in [0.15, 0.2) is 0 Å². The van der Waals surface area contributed by atoms with Gasteiger partial charge >= 0.3 is 6.09 Å². The lowest BCUT2D eigenvalue weighted by Crippen LogP contribution is -2.42. The largest absolute Gasteiger partial charge is 0.415 e. The first-order valence-electron chi connectivity index (χ1n) is 10.3. The van der Waals surface area contributed by atoms with Crippen LogP contribution in [0.3, 0.4) is 0 Å². The Morgan fingerprint density at radius 3 is 2.07 bits per heavy atom. The molecule has 0 saturated heterocycles. The van der Waals surface area contributed by atoms with Gasteiger partial charge in [-0.15, -0.1) is 0 Å². The van der Waals surface area contributed by atoms with Crippen LogP contribution < -0.4 is 0 Å². The second kappa shape index (κ2) is 9.57. The number of allylic oxidation sites excluding steroid dienone is 3. The first-order valence-corrected chi connectivity index (χ1v) is 10.3. The molecule has 0 aromatic heterocycles. The second-order valence-corrected chi connectivity index (χ2v) is 9.51. The predicted octanol–water partition coefficient (Wildman–Crippen LogP) is 6.12. The van der Waals surface area contributed by atoms with Crippen molar-refractivity contribution in [2.24, 2.45) is 17.3 Å². The monoisotopic (exact) mass is 377 g/mol. The van der Waals surface area contributed by atoms with Crippen LogP contribution in [0, 0.1) is 17.3 Å². The van der Waals surface area contributed by atoms with Gasteiger partial charge in [-0.25, -0.2) is 4.79 Å². The van der Waals surface area contributed by atoms with E-state index in [-0.39, 0.29) is 29.9 Å². The first kappa shape index (κ1) is 23.5. The molecule has 0 unspecified atom stereocenters. The van der Waals surface area contributed by atoms with Gasteiger partial charge in [-0.3, -0.25) is 4.79 Å². The zero-order valence-corrected chi connectivity index (χ0v) is 18.8. The number of ether oxygens (including phenoxy) is 1. The summed E-state index contributed by atoms with van der Waals surface area (Å²) < 4.78 is 5.89. The highest BCUT2D eigenvalue weighted by atomic mass is 16.6. The molecule has 1 fully saturated rings. The minimum absolute atomic E-state index is 0.0495. The molecular formula is C23H39NO3. The van der Waals surface area contributed by atoms with Crippen LogP contribution in [-0.2, 0) is 9.53 Å². The number of rotatable bonds is 6. The van der Waals surface area contributed by atoms with E-state index in [1.54, 1.807) is 4.90 Å². The Balaban J connectivity index is 3.29. The molecule has 0 aliphatic heterocycles. The van der Waals surface area contributed by atoms with E-state index >= 15 is 0 Å². The molecule has 0 N–H and O–H groups in total. The number of Topliss-reactive ketones (excluding diaryl/α,β-unsaturated/α-hetero) is 1. The second-order valence-electron chi connectivity index (χ2n) is 9.51. The SMILES string of the molecule is CC(C)/C=C/C(OC(=O)N(C(C)C)C(C)C)=C1\CCC[C@H]1C(=O)C(C)(C)C. The number of amides is 1. The summed E-state index contributed by atoms with van der Waals surface area (Å²) in [5.41, 5.74) is 0.576. The van der Waals surface area contributed by atoms with Crippen molar-refractivity contribution in [3.8, 4) is 0 Å². The average molecular weight is 378 g/mol. The van der Waals surface area contributed by atoms with Gasteiger partial charge in [0.05, 0.1) is 0 Å². The van der Waals surface area contributed by atoms with Crippen molar-refractivity contribution in [3.05, 3.63) is 23.5 Å². The third kappa shape index (κ3) is 6.51. The van der Waals surface area contributed by atoms with Crippen LogP contribution in [0.1, 0.15) is 81.6 Å². The lowest BCUT2D eigenvalue weighted by molar-refractivity contribution is -0.129. The number of carbonyl (C=O) groups is 2. The number of hydrogen-bond acceptors (Lipinski definition) is 3. The highest BCUT2D eigenvalue weighted by Gasteiger charge is 2.37. The van der Waals surface area contributed by atoms with E-state index < -0.39 is 5.41 Å². The summed E-state index contributed by atoms with van der Waals surface area (Å²) in [5, 5.41) is 0. The Labute approximate surface area is 166 Å². The molecule has 0 aromatic rings. The third-order valence-electron chi connectivity index (χ3n) is 4.88. The number of hydrogen-bond donors (Lipinski definition) is 0. The van der Waals surface area contributed by atoms with Gasteiger partial charge in [0.25, 0.3) is 0 Å². The maximum absolute atomic E-state index is 12.9. The van der Waals surface area contributed by atoms with Crippen molar-refractivity contribution in [1.29, 1.82) is 0 Å². The predicted molar refractivity (Wildman–Crippen MR) is 111 cm³/mol. The number of ketones is 1. The van der Waals surface area contributed by atoms with Crippen LogP contribution >= 0.6 is 0 Å². The average Bonchev–Trinajstić information content (AvgIpc) is 2.97. The summed E-state index contributed by atoms with van der Waals surface area (Å²) in [4.78, 5) is 27.5. The topological polar surface area (TPSA) is 46.6 Å². The molecule has 0 spiro atoms. The van der Waals surface area contributed by atoms with Crippen molar-refractivity contribution in [2.45, 2.75) is 93.7 Å². The molecule has 4 heteroatoms. The molecule has 1 rings (SSSR count). The van der Waals surface area contributed by atoms with Crippen molar-refractivity contribution >= 4 is 11.9 Å². The third-order valence-corrected chi connectivity index (χ3v) is 4.88. The summed E-state index contributed by atoms with van der Waals surface area (Å²) in [6.07, 6.45) is 6.18. The molecule has 0 heterocycles. The number of carbonyl (C=O) groups excluding carboxylic acids is 2. The Kier molecular flexibility index (Phi) is 8.31. The summed E-state index contributed by atoms with van der Waals surface area (Å²) in [6, 6.07) is 0.0989. The van der Waals surface area contributed by atoms with Gasteiger partial charge in [-0.2, -0.15) is 0 Å². The Hall–Kier alpha value is -1.58. The molecule has 4 nitrogen and oxygen atoms in total. The van der Waals surface area contributed by atoms with Crippen molar-refractivity contribution in [3.63, 3.8) is 0 Å². The summed E-state index contributed by atoms with van der Waals surface area (Å²) in [7, 11) is 0. The smallest absolute Gasteiger partial charge is 0.410 e. The van der Waals surface area contributed by atoms with Crippen LogP contribution in [0.25, 0.3) is 0 Å². The molecule has 0 bridgehead atoms. The minimum atomic E-state index is -0.404. The summed E-state index contributed by atoms with van der Waals surface area (Å²) in [6.45, 7) is 18.0. The lowest BCUT2D eigenvalue weighted by atomic mass is 9.80. The van der Waals surface area contributed by atoms with Crippen LogP contribution in [-0.4, -0.2) is 28.9 Å². The van der Waals surface area contributed by atoms with E-state index in [2.05, 4.69) is 13.8 Å². The fraction of sp³-hybridized carbons (Fsp3) is 0.739. The Bertz CT molecular complexity index is 583. The molecule has 1 aliphatic carbocycles. The summed E-state index contributed by atoms with van der Waals surface area (Å²) >= 11 is 0. The van der Waals surface area contributed by atoms with Gasteiger partial charge in [0.1, 0.15) is 11.5 Å². The van der Waals surface area contributed by atoms with Crippen LogP contribution in [0.4, 0.5) is 4.79 Å². The molecule has 1 saturated carbocycles. The zero-order valence-electron chi connectivity index (χ0n) is 18.8. The van der Waals surface area contributed by atoms with Gasteiger partial charge in [0, 0.05) is 23.4 Å². The Morgan fingerprint density at radius 2 is 1.63 bits per heavy atom. The minimum Gasteiger partial charge on any atom is -0.410 e. The van der Waals surface area contributed by atoms with Gasteiger partial charge in [-0.1, -0.05) is 40.7 Å². The van der Waals surface area contributed by atoms with Crippen molar-refractivity contribution in [2.75, 3.05) is 0 Å². The highest BCUT2D eigenvalue weighted by Crippen LogP contribution is 2.39. The number of nitrogens with zero attached hydrogens (tertiary/aromatic N) is 1. The van der Waals surface area contributed by atoms with Crippen LogP contribution in [0.5, 0.6) is 0 Å². The van der Waals surface area contributed by atoms with Crippen molar-refractivity contribution < 1.29 is 14.3 Å². The first-order chi connectivity index (χ1) is 12.4.